The maximum Gasteiger partial charge on any atom is 0.180 e. The number of hydrogen-bond acceptors (Lipinski definition) is 13. The van der Waals surface area contributed by atoms with Gasteiger partial charge >= 0.3 is 0 Å². The van der Waals surface area contributed by atoms with Crippen LogP contribution in [0, 0.1) is 45.3 Å². The van der Waals surface area contributed by atoms with Crippen molar-refractivity contribution in [2.45, 2.75) is 468 Å². The molecule has 0 amide bonds. The smallest absolute Gasteiger partial charge is 0.180 e. The molecule has 135 heavy (non-hydrogen) atoms. The lowest BCUT2D eigenvalue weighted by Crippen LogP contribution is -2.14. The zero-order chi connectivity index (χ0) is 96.3. The Hall–Kier alpha value is -6.62. The van der Waals surface area contributed by atoms with Crippen LogP contribution in [-0.2, 0) is 77.0 Å². The normalized spacial score (nSPS) is 12.3. The predicted octanol–water partition coefficient (Wildman–Crippen LogP) is 41.2. The SMILES string of the molecule is CCCCCCc1c(C=C(C#N)C#N)sc(/C=C/c2sc(/C=C/c3sc(/C=C/c4sc(/C=C/c5sc(/C=C/c6sc(/C=C/c7sc(C=C(C#N)C#N)c(CCCCCC)c7CCCCCC)c(CCCCCC)c6CCCCCC)c(CCCCCC)c5CCCCCC)c5c4OCCO5)c(CCCCCC)c3CCCCCC)c(CCCCCC)c2CCCCCC)c1CCCCCC. The second-order valence-corrected chi connectivity index (χ2v) is 45.8. The Kier molecular flexibility index (Phi) is 57.6. The summed E-state index contributed by atoms with van der Waals surface area (Å²) in [5, 5.41) is 40.6. The van der Waals surface area contributed by atoms with E-state index in [1.54, 1.807) is 44.5 Å². The van der Waals surface area contributed by atoms with Crippen LogP contribution in [0.15, 0.2) is 11.1 Å². The minimum Gasteiger partial charge on any atom is -0.485 e. The molecular formula is C122H174N4O2S7. The fourth-order valence-electron chi connectivity index (χ4n) is 19.4. The van der Waals surface area contributed by atoms with Crippen molar-refractivity contribution in [3.63, 3.8) is 0 Å². The number of nitriles is 4. The molecule has 7 aromatic heterocycles. The second-order valence-electron chi connectivity index (χ2n) is 38.2. The molecule has 0 aliphatic carbocycles. The van der Waals surface area contributed by atoms with Gasteiger partial charge < -0.3 is 9.47 Å². The standard InChI is InChI=1S/C122H174N4O2S7/c1-13-25-37-49-61-95-97(63-51-39-27-15-3)111(77-79-115-103(69-57-45-33-21-9)105(71-59-47-35-23-11)119(133-115)87-93(89-123)90-124)129-107(95)73-75-109-99(65-53-41-29-17-5)101(67-55-43-31-19-7)113(131-109)81-83-117-121-122(128-86-85-127-121)118(135-117)84-82-114-102(68-56-44-32-20-8)100(66-54-42-30-18-6)110(132-114)76-74-108-96(62-50-38-26-14-2)98(64-52-40-28-16-4)112(130-108)78-80-116-104(70-58-46-34-22-10)106(72-60-48-36-24-12)120(134-116)88-94(91-125)92-126/h73-84,87-88H,13-72,85-86H2,1-12H3/b75-73+,76-74+,79-77+,80-78+,83-81+,84-82+. The Morgan fingerprint density at radius 1 is 0.185 bits per heavy atom. The minimum atomic E-state index is 0.191. The molecule has 7 aromatic rings. The summed E-state index contributed by atoms with van der Waals surface area (Å²) in [5.41, 5.74) is 18.5. The molecule has 0 unspecified atom stereocenters. The Bertz CT molecular complexity index is 4670. The van der Waals surface area contributed by atoms with E-state index in [-0.39, 0.29) is 11.1 Å². The fourth-order valence-corrected chi connectivity index (χ4v) is 27.7. The average molecular weight is 1950 g/mol. The lowest BCUT2D eigenvalue weighted by Gasteiger charge is -2.16. The van der Waals surface area contributed by atoms with Gasteiger partial charge in [-0.25, -0.2) is 0 Å². The van der Waals surface area contributed by atoms with Crippen LogP contribution in [0.4, 0.5) is 0 Å². The Morgan fingerprint density at radius 2 is 0.311 bits per heavy atom. The molecule has 8 heterocycles. The van der Waals surface area contributed by atoms with E-state index < -0.39 is 0 Å². The molecule has 0 aromatic carbocycles. The van der Waals surface area contributed by atoms with E-state index in [2.05, 4.69) is 180 Å². The topological polar surface area (TPSA) is 114 Å². The average Bonchev–Trinajstić information content (AvgIpc) is 1.64. The van der Waals surface area contributed by atoms with Crippen molar-refractivity contribution < 1.29 is 9.47 Å². The predicted molar refractivity (Wildman–Crippen MR) is 607 cm³/mol. The molecular weight excluding hydrogens is 1780 g/mol. The van der Waals surface area contributed by atoms with Gasteiger partial charge in [0.1, 0.15) is 48.6 Å². The molecule has 0 saturated heterocycles. The van der Waals surface area contributed by atoms with E-state index in [0.717, 1.165) is 134 Å². The number of fused-ring (bicyclic) bond motifs is 1. The van der Waals surface area contributed by atoms with E-state index in [0.29, 0.717) is 13.2 Å². The van der Waals surface area contributed by atoms with Gasteiger partial charge in [0.2, 0.25) is 0 Å². The van der Waals surface area contributed by atoms with E-state index in [4.69, 9.17) is 9.47 Å². The molecule has 736 valence electrons. The van der Waals surface area contributed by atoms with Crippen LogP contribution < -0.4 is 9.47 Å². The molecule has 1 aliphatic rings. The summed E-state index contributed by atoms with van der Waals surface area (Å²) in [4.78, 5) is 18.3. The zero-order valence-electron chi connectivity index (χ0n) is 86.4. The lowest BCUT2D eigenvalue weighted by atomic mass is 9.95. The van der Waals surface area contributed by atoms with Crippen molar-refractivity contribution in [3.05, 3.63) is 146 Å². The van der Waals surface area contributed by atoms with Crippen LogP contribution in [0.1, 0.15) is 526 Å². The molecule has 8 rings (SSSR count). The first-order chi connectivity index (χ1) is 66.4. The van der Waals surface area contributed by atoms with Crippen LogP contribution in [-0.4, -0.2) is 13.2 Å². The number of nitrogens with zero attached hydrogens (tertiary/aromatic N) is 4. The van der Waals surface area contributed by atoms with Gasteiger partial charge in [-0.3, -0.25) is 0 Å². The second kappa shape index (κ2) is 68.5. The third-order valence-corrected chi connectivity index (χ3v) is 35.5. The summed E-state index contributed by atoms with van der Waals surface area (Å²) < 4.78 is 13.6. The highest BCUT2D eigenvalue weighted by atomic mass is 32.1. The van der Waals surface area contributed by atoms with Crippen LogP contribution in [0.5, 0.6) is 11.5 Å². The van der Waals surface area contributed by atoms with Gasteiger partial charge in [0.05, 0.1) is 9.75 Å². The number of thiophene rings is 7. The quantitative estimate of drug-likeness (QED) is 0.0277. The van der Waals surface area contributed by atoms with Crippen molar-refractivity contribution in [2.24, 2.45) is 0 Å². The number of rotatable bonds is 74. The van der Waals surface area contributed by atoms with Gasteiger partial charge in [-0.15, -0.1) is 79.4 Å². The molecule has 0 N–H and O–H groups in total. The molecule has 0 radical (unpaired) electrons. The summed E-state index contributed by atoms with van der Waals surface area (Å²) in [5.74, 6) is 1.77. The number of allylic oxidation sites excluding steroid dienone is 2. The van der Waals surface area contributed by atoms with E-state index >= 15 is 0 Å². The molecule has 1 aliphatic heterocycles. The summed E-state index contributed by atoms with van der Waals surface area (Å²) in [6.45, 7) is 29.0. The van der Waals surface area contributed by atoms with Gasteiger partial charge in [0.25, 0.3) is 0 Å². The van der Waals surface area contributed by atoms with Crippen molar-refractivity contribution in [1.29, 1.82) is 21.0 Å². The van der Waals surface area contributed by atoms with E-state index in [1.165, 1.54) is 354 Å². The highest BCUT2D eigenvalue weighted by Crippen LogP contribution is 2.49. The third kappa shape index (κ3) is 37.7. The zero-order valence-corrected chi connectivity index (χ0v) is 92.1. The Morgan fingerprint density at radius 3 is 0.452 bits per heavy atom. The van der Waals surface area contributed by atoms with Crippen LogP contribution in [0.3, 0.4) is 0 Å². The number of hydrogen-bond donors (Lipinski definition) is 0. The molecule has 6 nitrogen and oxygen atoms in total. The van der Waals surface area contributed by atoms with Crippen LogP contribution >= 0.6 is 79.4 Å². The molecule has 0 saturated carbocycles. The highest BCUT2D eigenvalue weighted by molar-refractivity contribution is 7.17. The lowest BCUT2D eigenvalue weighted by molar-refractivity contribution is 0.173. The fraction of sp³-hybridized carbons (Fsp3) is 0.607. The first kappa shape index (κ1) is 114. The number of ether oxygens (including phenoxy) is 2. The Balaban J connectivity index is 1.27. The van der Waals surface area contributed by atoms with Gasteiger partial charge in [-0.1, -0.05) is 314 Å². The molecule has 0 bridgehead atoms. The summed E-state index contributed by atoms with van der Waals surface area (Å²) in [6.07, 6.45) is 105. The van der Waals surface area contributed by atoms with Crippen LogP contribution in [0.25, 0.3) is 85.1 Å². The van der Waals surface area contributed by atoms with E-state index in [9.17, 15) is 21.0 Å². The highest BCUT2D eigenvalue weighted by Gasteiger charge is 2.27. The molecule has 0 spiro atoms. The van der Waals surface area contributed by atoms with E-state index in [1.807, 2.05) is 91.5 Å². The summed E-state index contributed by atoms with van der Waals surface area (Å²) >= 11 is 13.5. The van der Waals surface area contributed by atoms with Gasteiger partial charge in [0.15, 0.2) is 11.5 Å². The maximum absolute atomic E-state index is 10.1. The Labute approximate surface area is 851 Å². The third-order valence-electron chi connectivity index (χ3n) is 27.2. The maximum atomic E-state index is 10.1. The van der Waals surface area contributed by atoms with Gasteiger partial charge in [-0.2, -0.15) is 21.0 Å². The largest absolute Gasteiger partial charge is 0.485 e. The molecule has 13 heteroatoms. The molecule has 0 atom stereocenters. The first-order valence-corrected chi connectivity index (χ1v) is 60.5. The number of unbranched alkanes of at least 4 members (excludes halogenated alkanes) is 36. The van der Waals surface area contributed by atoms with Crippen LogP contribution in [0.2, 0.25) is 0 Å². The first-order valence-electron chi connectivity index (χ1n) is 54.8. The molecule has 0 fully saturated rings. The van der Waals surface area contributed by atoms with Crippen molar-refractivity contribution >= 4 is 164 Å². The monoisotopic (exact) mass is 1950 g/mol. The van der Waals surface area contributed by atoms with Crippen molar-refractivity contribution in [3.8, 4) is 35.8 Å². The van der Waals surface area contributed by atoms with Gasteiger partial charge in [-0.05, 0) is 306 Å². The van der Waals surface area contributed by atoms with Gasteiger partial charge in [0, 0.05) is 58.5 Å². The minimum absolute atomic E-state index is 0.191. The van der Waals surface area contributed by atoms with Crippen molar-refractivity contribution in [1.82, 2.24) is 0 Å². The summed E-state index contributed by atoms with van der Waals surface area (Å²) in [6, 6.07) is 8.88. The summed E-state index contributed by atoms with van der Waals surface area (Å²) in [7, 11) is 0. The van der Waals surface area contributed by atoms with Crippen molar-refractivity contribution in [2.75, 3.05) is 13.2 Å².